The van der Waals surface area contributed by atoms with Gasteiger partial charge in [0.25, 0.3) is 0 Å². The Bertz CT molecular complexity index is 347. The van der Waals surface area contributed by atoms with Crippen LogP contribution in [0.1, 0.15) is 12.8 Å². The first kappa shape index (κ1) is 11.9. The molecule has 0 saturated heterocycles. The van der Waals surface area contributed by atoms with Crippen molar-refractivity contribution in [3.05, 3.63) is 28.7 Å². The molecule has 1 saturated carbocycles. The van der Waals surface area contributed by atoms with Crippen molar-refractivity contribution in [1.82, 2.24) is 0 Å². The van der Waals surface area contributed by atoms with Gasteiger partial charge < -0.3 is 15.2 Å². The molecule has 0 radical (unpaired) electrons. The Labute approximate surface area is 104 Å². The average molecular weight is 286 g/mol. The van der Waals surface area contributed by atoms with Crippen molar-refractivity contribution in [2.24, 2.45) is 0 Å². The molecule has 0 aromatic heterocycles. The monoisotopic (exact) mass is 285 g/mol. The first-order valence-electron chi connectivity index (χ1n) is 5.35. The lowest BCUT2D eigenvalue weighted by Crippen LogP contribution is -2.56. The second-order valence-corrected chi connectivity index (χ2v) is 5.25. The molecule has 1 aromatic carbocycles. The van der Waals surface area contributed by atoms with E-state index >= 15 is 0 Å². The molecule has 3 nitrogen and oxygen atoms in total. The Hall–Kier alpha value is -0.580. The van der Waals surface area contributed by atoms with Crippen LogP contribution in [0.15, 0.2) is 28.7 Å². The van der Waals surface area contributed by atoms with Crippen LogP contribution in [0.5, 0.6) is 0 Å². The van der Waals surface area contributed by atoms with Gasteiger partial charge in [0.15, 0.2) is 0 Å². The Morgan fingerprint density at radius 1 is 1.44 bits per heavy atom. The van der Waals surface area contributed by atoms with Crippen molar-refractivity contribution < 1.29 is 9.84 Å². The first-order valence-corrected chi connectivity index (χ1v) is 6.14. The van der Waals surface area contributed by atoms with Crippen molar-refractivity contribution in [3.8, 4) is 0 Å². The molecule has 4 heteroatoms. The average Bonchev–Trinajstić information content (AvgIpc) is 2.26. The maximum Gasteiger partial charge on any atom is 0.0663 e. The number of anilines is 1. The van der Waals surface area contributed by atoms with Crippen molar-refractivity contribution in [2.75, 3.05) is 19.0 Å². The van der Waals surface area contributed by atoms with Gasteiger partial charge in [-0.05, 0) is 37.1 Å². The van der Waals surface area contributed by atoms with Gasteiger partial charge in [0.1, 0.15) is 0 Å². The Morgan fingerprint density at radius 2 is 2.06 bits per heavy atom. The molecule has 0 unspecified atom stereocenters. The molecule has 0 spiro atoms. The van der Waals surface area contributed by atoms with Crippen LogP contribution in [-0.4, -0.2) is 30.5 Å². The van der Waals surface area contributed by atoms with E-state index in [4.69, 9.17) is 4.74 Å². The van der Waals surface area contributed by atoms with Gasteiger partial charge in [0.2, 0.25) is 0 Å². The highest BCUT2D eigenvalue weighted by Gasteiger charge is 2.44. The minimum absolute atomic E-state index is 0.142. The van der Waals surface area contributed by atoms with Crippen LogP contribution in [0.2, 0.25) is 0 Å². The summed E-state index contributed by atoms with van der Waals surface area (Å²) in [5.74, 6) is 0. The van der Waals surface area contributed by atoms with Crippen LogP contribution in [0, 0.1) is 0 Å². The minimum atomic E-state index is -0.200. The van der Waals surface area contributed by atoms with Crippen molar-refractivity contribution in [3.63, 3.8) is 0 Å². The molecule has 1 fully saturated rings. The number of aliphatic hydroxyl groups is 1. The fraction of sp³-hybridized carbons (Fsp3) is 0.500. The largest absolute Gasteiger partial charge is 0.394 e. The summed E-state index contributed by atoms with van der Waals surface area (Å²) in [6.07, 6.45) is 1.99. The number of halogens is 1. The number of nitrogens with one attached hydrogen (secondary N) is 1. The summed E-state index contributed by atoms with van der Waals surface area (Å²) < 4.78 is 6.30. The standard InChI is InChI=1S/C12H16BrNO2/c1-16-11-6-12(7-11,8-15)14-10-4-2-9(13)3-5-10/h2-5,11,14-15H,6-8H2,1H3. The van der Waals surface area contributed by atoms with E-state index in [2.05, 4.69) is 21.2 Å². The summed E-state index contributed by atoms with van der Waals surface area (Å²) in [6.45, 7) is 0.142. The Kier molecular flexibility index (Phi) is 3.52. The van der Waals surface area contributed by atoms with Gasteiger partial charge in [-0.25, -0.2) is 0 Å². The summed E-state index contributed by atoms with van der Waals surface area (Å²) in [5, 5.41) is 12.8. The van der Waals surface area contributed by atoms with Crippen LogP contribution < -0.4 is 5.32 Å². The zero-order valence-electron chi connectivity index (χ0n) is 9.24. The van der Waals surface area contributed by atoms with E-state index in [-0.39, 0.29) is 18.2 Å². The highest BCUT2D eigenvalue weighted by atomic mass is 79.9. The number of methoxy groups -OCH3 is 1. The van der Waals surface area contributed by atoms with E-state index in [1.807, 2.05) is 24.3 Å². The van der Waals surface area contributed by atoms with E-state index in [0.29, 0.717) is 0 Å². The second-order valence-electron chi connectivity index (χ2n) is 4.34. The van der Waals surface area contributed by atoms with Gasteiger partial charge in [-0.3, -0.25) is 0 Å². The highest BCUT2D eigenvalue weighted by molar-refractivity contribution is 9.10. The van der Waals surface area contributed by atoms with E-state index in [1.165, 1.54) is 0 Å². The summed E-state index contributed by atoms with van der Waals surface area (Å²) in [7, 11) is 1.71. The first-order chi connectivity index (χ1) is 7.67. The van der Waals surface area contributed by atoms with Crippen LogP contribution >= 0.6 is 15.9 Å². The molecule has 1 aromatic rings. The molecule has 16 heavy (non-hydrogen) atoms. The molecule has 1 aliphatic carbocycles. The predicted octanol–water partition coefficient (Wildman–Crippen LogP) is 2.40. The number of ether oxygens (including phenoxy) is 1. The maximum absolute atomic E-state index is 9.44. The zero-order valence-corrected chi connectivity index (χ0v) is 10.8. The van der Waals surface area contributed by atoms with Gasteiger partial charge in [-0.2, -0.15) is 0 Å². The number of aliphatic hydroxyl groups excluding tert-OH is 1. The molecule has 88 valence electrons. The molecule has 0 heterocycles. The van der Waals surface area contributed by atoms with Gasteiger partial charge in [0, 0.05) is 17.3 Å². The number of hydrogen-bond donors (Lipinski definition) is 2. The molecule has 0 aliphatic heterocycles. The Morgan fingerprint density at radius 3 is 2.56 bits per heavy atom. The zero-order chi connectivity index (χ0) is 11.6. The Balaban J connectivity index is 2.00. The van der Waals surface area contributed by atoms with Crippen molar-refractivity contribution in [1.29, 1.82) is 0 Å². The third-order valence-corrected chi connectivity index (χ3v) is 3.66. The van der Waals surface area contributed by atoms with E-state index < -0.39 is 0 Å². The minimum Gasteiger partial charge on any atom is -0.394 e. The van der Waals surface area contributed by atoms with Gasteiger partial charge in [0.05, 0.1) is 18.2 Å². The fourth-order valence-corrected chi connectivity index (χ4v) is 2.35. The van der Waals surface area contributed by atoms with Gasteiger partial charge >= 0.3 is 0 Å². The summed E-state index contributed by atoms with van der Waals surface area (Å²) in [5.41, 5.74) is 0.834. The molecule has 1 aliphatic rings. The molecule has 0 atom stereocenters. The molecular formula is C12H16BrNO2. The number of rotatable bonds is 4. The summed E-state index contributed by atoms with van der Waals surface area (Å²) in [4.78, 5) is 0. The highest BCUT2D eigenvalue weighted by Crippen LogP contribution is 2.37. The maximum atomic E-state index is 9.44. The predicted molar refractivity (Wildman–Crippen MR) is 67.6 cm³/mol. The molecular weight excluding hydrogens is 270 g/mol. The van der Waals surface area contributed by atoms with Crippen LogP contribution in [0.25, 0.3) is 0 Å². The molecule has 0 bridgehead atoms. The molecule has 2 rings (SSSR count). The lowest BCUT2D eigenvalue weighted by Gasteiger charge is -2.46. The lowest BCUT2D eigenvalue weighted by molar-refractivity contribution is -0.0256. The topological polar surface area (TPSA) is 41.5 Å². The fourth-order valence-electron chi connectivity index (χ4n) is 2.09. The summed E-state index contributed by atoms with van der Waals surface area (Å²) in [6, 6.07) is 7.98. The van der Waals surface area contributed by atoms with Crippen molar-refractivity contribution >= 4 is 21.6 Å². The third kappa shape index (κ3) is 2.39. The van der Waals surface area contributed by atoms with Gasteiger partial charge in [-0.1, -0.05) is 15.9 Å². The van der Waals surface area contributed by atoms with Crippen LogP contribution in [0.4, 0.5) is 5.69 Å². The summed E-state index contributed by atoms with van der Waals surface area (Å²) >= 11 is 3.40. The number of benzene rings is 1. The third-order valence-electron chi connectivity index (χ3n) is 3.13. The second kappa shape index (κ2) is 4.73. The van der Waals surface area contributed by atoms with E-state index in [0.717, 1.165) is 23.0 Å². The SMILES string of the molecule is COC1CC(CO)(Nc2ccc(Br)cc2)C1. The number of hydrogen-bond acceptors (Lipinski definition) is 3. The molecule has 2 N–H and O–H groups in total. The van der Waals surface area contributed by atoms with Gasteiger partial charge in [-0.15, -0.1) is 0 Å². The molecule has 0 amide bonds. The van der Waals surface area contributed by atoms with Crippen LogP contribution in [-0.2, 0) is 4.74 Å². The van der Waals surface area contributed by atoms with Crippen molar-refractivity contribution in [2.45, 2.75) is 24.5 Å². The quantitative estimate of drug-likeness (QED) is 0.893. The van der Waals surface area contributed by atoms with Crippen LogP contribution in [0.3, 0.4) is 0 Å². The normalized spacial score (nSPS) is 28.6. The van der Waals surface area contributed by atoms with E-state index in [1.54, 1.807) is 7.11 Å². The smallest absolute Gasteiger partial charge is 0.0663 e. The van der Waals surface area contributed by atoms with E-state index in [9.17, 15) is 5.11 Å². The lowest BCUT2D eigenvalue weighted by atomic mass is 9.74.